The monoisotopic (exact) mass is 483 g/mol. The lowest BCUT2D eigenvalue weighted by atomic mass is 9.92. The van der Waals surface area contributed by atoms with E-state index in [1.165, 1.54) is 10.5 Å². The van der Waals surface area contributed by atoms with Crippen LogP contribution in [0.3, 0.4) is 0 Å². The van der Waals surface area contributed by atoms with Crippen molar-refractivity contribution in [2.24, 2.45) is 0 Å². The first-order chi connectivity index (χ1) is 16.0. The lowest BCUT2D eigenvalue weighted by Crippen LogP contribution is -2.39. The summed E-state index contributed by atoms with van der Waals surface area (Å²) < 4.78 is 7.02. The second-order valence-corrected chi connectivity index (χ2v) is 10.2. The predicted octanol–water partition coefficient (Wildman–Crippen LogP) is 4.50. The molecule has 0 radical (unpaired) electrons. The van der Waals surface area contributed by atoms with Crippen LogP contribution in [0.15, 0.2) is 30.5 Å². The number of thiophene rings is 1. The number of piperidine rings is 1. The summed E-state index contributed by atoms with van der Waals surface area (Å²) in [5.74, 6) is -0.184. The molecular weight excluding hydrogens is 458 g/mol. The average molecular weight is 484 g/mol. The number of carbonyl (C=O) groups is 2. The summed E-state index contributed by atoms with van der Waals surface area (Å²) in [6.45, 7) is 4.82. The smallest absolute Gasteiger partial charge is 0.229 e. The van der Waals surface area contributed by atoms with E-state index in [2.05, 4.69) is 17.2 Å². The molecule has 3 aromatic rings. The van der Waals surface area contributed by atoms with Gasteiger partial charge in [-0.05, 0) is 54.3 Å². The minimum Gasteiger partial charge on any atom is -0.375 e. The van der Waals surface area contributed by atoms with Crippen LogP contribution in [-0.2, 0) is 27.3 Å². The number of likely N-dealkylation sites (tertiary alicyclic amines) is 1. The fraction of sp³-hybridized carbons (Fsp3) is 0.400. The van der Waals surface area contributed by atoms with E-state index in [1.54, 1.807) is 11.3 Å². The maximum absolute atomic E-state index is 12.3. The first kappa shape index (κ1) is 22.5. The number of imide groups is 1. The summed E-state index contributed by atoms with van der Waals surface area (Å²) >= 11 is 8.08. The molecule has 1 atom stereocenters. The molecule has 4 heterocycles. The van der Waals surface area contributed by atoms with Crippen LogP contribution >= 0.6 is 22.9 Å². The number of nitrogens with one attached hydrogen (secondary N) is 1. The molecule has 2 aliphatic rings. The van der Waals surface area contributed by atoms with E-state index in [9.17, 15) is 9.59 Å². The second-order valence-electron chi connectivity index (χ2n) is 8.66. The van der Waals surface area contributed by atoms with E-state index in [4.69, 9.17) is 16.3 Å². The number of carbonyl (C=O) groups excluding carboxylic acids is 2. The minimum absolute atomic E-state index is 0.0919. The second kappa shape index (κ2) is 9.50. The molecule has 1 aromatic carbocycles. The third-order valence-electron chi connectivity index (χ3n) is 6.32. The Kier molecular flexibility index (Phi) is 6.47. The molecule has 33 heavy (non-hydrogen) atoms. The van der Waals surface area contributed by atoms with Crippen LogP contribution in [0.2, 0.25) is 5.02 Å². The van der Waals surface area contributed by atoms with Crippen molar-refractivity contribution in [3.63, 3.8) is 0 Å². The molecule has 2 aliphatic heterocycles. The molecular formula is C25H26ClN3O3S. The van der Waals surface area contributed by atoms with E-state index in [0.29, 0.717) is 37.4 Å². The van der Waals surface area contributed by atoms with Crippen molar-refractivity contribution in [2.75, 3.05) is 19.7 Å². The van der Waals surface area contributed by atoms with Crippen molar-refractivity contribution >= 4 is 45.0 Å². The van der Waals surface area contributed by atoms with Gasteiger partial charge in [-0.3, -0.25) is 19.5 Å². The van der Waals surface area contributed by atoms with Gasteiger partial charge in [0.2, 0.25) is 11.8 Å². The third kappa shape index (κ3) is 4.68. The highest BCUT2D eigenvalue weighted by Crippen LogP contribution is 2.39. The number of hydrogen-bond acceptors (Lipinski definition) is 6. The van der Waals surface area contributed by atoms with E-state index in [0.717, 1.165) is 51.3 Å². The molecule has 2 saturated heterocycles. The zero-order valence-electron chi connectivity index (χ0n) is 18.5. The molecule has 6 nitrogen and oxygen atoms in total. The Hall–Kier alpha value is -2.32. The number of pyridine rings is 1. The Bertz CT molecular complexity index is 1200. The van der Waals surface area contributed by atoms with Gasteiger partial charge >= 0.3 is 0 Å². The molecule has 0 spiro atoms. The summed E-state index contributed by atoms with van der Waals surface area (Å²) in [4.78, 5) is 31.5. The van der Waals surface area contributed by atoms with E-state index >= 15 is 0 Å². The number of amides is 2. The zero-order chi connectivity index (χ0) is 22.9. The summed E-state index contributed by atoms with van der Waals surface area (Å²) in [5.41, 5.74) is 5.37. The number of aromatic nitrogens is 1. The largest absolute Gasteiger partial charge is 0.375 e. The van der Waals surface area contributed by atoms with Gasteiger partial charge in [0.05, 0.1) is 29.5 Å². The average Bonchev–Trinajstić information content (AvgIpc) is 3.22. The van der Waals surface area contributed by atoms with Gasteiger partial charge in [0.15, 0.2) is 0 Å². The fourth-order valence-electron chi connectivity index (χ4n) is 4.67. The molecule has 5 rings (SSSR count). The number of ether oxygens (including phenoxy) is 1. The van der Waals surface area contributed by atoms with Crippen LogP contribution in [0, 0.1) is 6.92 Å². The summed E-state index contributed by atoms with van der Waals surface area (Å²) in [7, 11) is 0. The standard InChI is InChI=1S/C25H26ClN3O3S/c1-15-9-16(26)10-21(20(15)11-17-13-27-7-8-32-17)19-5-6-28-22-12-18(33-25(19)22)14-29-23(30)3-2-4-24(29)31/h5-6,9-10,12,17,27H,2-4,7-8,11,13-14H2,1H3. The molecule has 0 bridgehead atoms. The number of hydrogen-bond donors (Lipinski definition) is 1. The van der Waals surface area contributed by atoms with Gasteiger partial charge in [-0.15, -0.1) is 11.3 Å². The fourth-order valence-corrected chi connectivity index (χ4v) is 6.08. The third-order valence-corrected chi connectivity index (χ3v) is 7.68. The Labute approximate surface area is 201 Å². The van der Waals surface area contributed by atoms with Crippen molar-refractivity contribution in [1.29, 1.82) is 0 Å². The topological polar surface area (TPSA) is 71.5 Å². The van der Waals surface area contributed by atoms with Gasteiger partial charge in [-0.2, -0.15) is 0 Å². The number of halogens is 1. The SMILES string of the molecule is Cc1cc(Cl)cc(-c2ccnc3cc(CN4C(=O)CCCC4=O)sc23)c1CC1CNCCO1. The highest BCUT2D eigenvalue weighted by atomic mass is 35.5. The first-order valence-electron chi connectivity index (χ1n) is 11.3. The molecule has 172 valence electrons. The van der Waals surface area contributed by atoms with Gasteiger partial charge < -0.3 is 10.1 Å². The lowest BCUT2D eigenvalue weighted by Gasteiger charge is -2.25. The van der Waals surface area contributed by atoms with Crippen LogP contribution in [0.5, 0.6) is 0 Å². The van der Waals surface area contributed by atoms with Crippen molar-refractivity contribution in [3.8, 4) is 11.1 Å². The van der Waals surface area contributed by atoms with Gasteiger partial charge in [0.25, 0.3) is 0 Å². The van der Waals surface area contributed by atoms with Crippen LogP contribution in [-0.4, -0.2) is 47.5 Å². The van der Waals surface area contributed by atoms with Crippen molar-refractivity contribution < 1.29 is 14.3 Å². The van der Waals surface area contributed by atoms with E-state index < -0.39 is 0 Å². The van der Waals surface area contributed by atoms with Crippen LogP contribution in [0.4, 0.5) is 0 Å². The Morgan fingerprint density at radius 3 is 2.79 bits per heavy atom. The van der Waals surface area contributed by atoms with Gasteiger partial charge in [-0.1, -0.05) is 11.6 Å². The molecule has 8 heteroatoms. The number of aryl methyl sites for hydroxylation is 1. The molecule has 2 amide bonds. The number of benzene rings is 1. The molecule has 2 fully saturated rings. The molecule has 1 unspecified atom stereocenters. The minimum atomic E-state index is -0.0919. The highest BCUT2D eigenvalue weighted by molar-refractivity contribution is 7.19. The van der Waals surface area contributed by atoms with Crippen LogP contribution in [0.25, 0.3) is 21.3 Å². The molecule has 0 aliphatic carbocycles. The number of morpholine rings is 1. The van der Waals surface area contributed by atoms with Gasteiger partial charge in [0.1, 0.15) is 0 Å². The van der Waals surface area contributed by atoms with E-state index in [-0.39, 0.29) is 17.9 Å². The summed E-state index contributed by atoms with van der Waals surface area (Å²) in [6.07, 6.45) is 4.23. The lowest BCUT2D eigenvalue weighted by molar-refractivity contribution is -0.148. The maximum Gasteiger partial charge on any atom is 0.229 e. The number of nitrogens with zero attached hydrogens (tertiary/aromatic N) is 2. The molecule has 0 saturated carbocycles. The molecule has 1 N–H and O–H groups in total. The predicted molar refractivity (Wildman–Crippen MR) is 131 cm³/mol. The molecule has 2 aromatic heterocycles. The summed E-state index contributed by atoms with van der Waals surface area (Å²) in [6, 6.07) is 8.03. The van der Waals surface area contributed by atoms with Crippen molar-refractivity contribution in [1.82, 2.24) is 15.2 Å². The van der Waals surface area contributed by atoms with Crippen molar-refractivity contribution in [3.05, 3.63) is 51.5 Å². The van der Waals surface area contributed by atoms with Crippen LogP contribution < -0.4 is 5.32 Å². The summed E-state index contributed by atoms with van der Waals surface area (Å²) in [5, 5.41) is 4.10. The Balaban J connectivity index is 1.53. The van der Waals surface area contributed by atoms with Gasteiger partial charge in [-0.25, -0.2) is 0 Å². The first-order valence-corrected chi connectivity index (χ1v) is 12.5. The zero-order valence-corrected chi connectivity index (χ0v) is 20.1. The van der Waals surface area contributed by atoms with Gasteiger partial charge in [0, 0.05) is 54.0 Å². The Morgan fingerprint density at radius 1 is 1.21 bits per heavy atom. The van der Waals surface area contributed by atoms with Crippen LogP contribution in [0.1, 0.15) is 35.3 Å². The Morgan fingerprint density at radius 2 is 2.03 bits per heavy atom. The van der Waals surface area contributed by atoms with E-state index in [1.807, 2.05) is 30.5 Å². The quantitative estimate of drug-likeness (QED) is 0.541. The number of rotatable bonds is 5. The highest BCUT2D eigenvalue weighted by Gasteiger charge is 2.27. The van der Waals surface area contributed by atoms with Crippen molar-refractivity contribution in [2.45, 2.75) is 45.3 Å². The maximum atomic E-state index is 12.3. The normalized spacial score (nSPS) is 19.5. The number of fused-ring (bicyclic) bond motifs is 1.